The Bertz CT molecular complexity index is 1200. The maximum atomic E-state index is 2.40. The maximum absolute atomic E-state index is 2.40. The SMILES string of the molecule is CSc1ccc2c(c1)c1ccccc1c1cc3ccccc3n21. The van der Waals surface area contributed by atoms with E-state index >= 15 is 0 Å². The van der Waals surface area contributed by atoms with Crippen molar-refractivity contribution < 1.29 is 0 Å². The number of para-hydroxylation sites is 1. The Labute approximate surface area is 138 Å². The highest BCUT2D eigenvalue weighted by atomic mass is 32.2. The van der Waals surface area contributed by atoms with E-state index in [1.165, 1.54) is 43.0 Å². The molecule has 3 aromatic carbocycles. The Morgan fingerprint density at radius 1 is 0.652 bits per heavy atom. The highest BCUT2D eigenvalue weighted by Crippen LogP contribution is 2.35. The lowest BCUT2D eigenvalue weighted by Crippen LogP contribution is -1.91. The molecule has 0 amide bonds. The zero-order valence-electron chi connectivity index (χ0n) is 12.8. The van der Waals surface area contributed by atoms with Crippen LogP contribution in [0.2, 0.25) is 0 Å². The number of rotatable bonds is 1. The van der Waals surface area contributed by atoms with E-state index in [9.17, 15) is 0 Å². The van der Waals surface area contributed by atoms with Crippen molar-refractivity contribution >= 4 is 49.9 Å². The number of fused-ring (bicyclic) bond motifs is 8. The lowest BCUT2D eigenvalue weighted by Gasteiger charge is -2.11. The van der Waals surface area contributed by atoms with Crippen LogP contribution in [0.4, 0.5) is 0 Å². The topological polar surface area (TPSA) is 4.41 Å². The minimum atomic E-state index is 1.27. The van der Waals surface area contributed by atoms with Gasteiger partial charge in [0.05, 0.1) is 16.6 Å². The average Bonchev–Trinajstić information content (AvgIpc) is 3.01. The van der Waals surface area contributed by atoms with Crippen LogP contribution >= 0.6 is 11.8 Å². The van der Waals surface area contributed by atoms with Crippen molar-refractivity contribution in [3.8, 4) is 0 Å². The molecular formula is C21H15NS. The summed E-state index contributed by atoms with van der Waals surface area (Å²) in [6.07, 6.45) is 2.13. The molecule has 0 saturated carbocycles. The van der Waals surface area contributed by atoms with Crippen molar-refractivity contribution in [3.05, 3.63) is 72.8 Å². The summed E-state index contributed by atoms with van der Waals surface area (Å²) >= 11 is 1.79. The fraction of sp³-hybridized carbons (Fsp3) is 0.0476. The van der Waals surface area contributed by atoms with E-state index in [1.807, 2.05) is 0 Å². The summed E-state index contributed by atoms with van der Waals surface area (Å²) < 4.78 is 2.40. The zero-order valence-corrected chi connectivity index (χ0v) is 13.6. The summed E-state index contributed by atoms with van der Waals surface area (Å²) in [4.78, 5) is 1.30. The molecular weight excluding hydrogens is 298 g/mol. The summed E-state index contributed by atoms with van der Waals surface area (Å²) in [6.45, 7) is 0. The largest absolute Gasteiger partial charge is 0.309 e. The van der Waals surface area contributed by atoms with Crippen LogP contribution in [0.15, 0.2) is 77.7 Å². The van der Waals surface area contributed by atoms with Crippen molar-refractivity contribution in [3.63, 3.8) is 0 Å². The van der Waals surface area contributed by atoms with Gasteiger partial charge in [-0.05, 0) is 42.0 Å². The van der Waals surface area contributed by atoms with E-state index in [4.69, 9.17) is 0 Å². The summed E-state index contributed by atoms with van der Waals surface area (Å²) in [7, 11) is 0. The predicted octanol–water partition coefficient (Wildman–Crippen LogP) is 6.12. The van der Waals surface area contributed by atoms with E-state index in [0.717, 1.165) is 0 Å². The number of nitrogens with zero attached hydrogens (tertiary/aromatic N) is 1. The van der Waals surface area contributed by atoms with Crippen molar-refractivity contribution in [2.75, 3.05) is 6.26 Å². The lowest BCUT2D eigenvalue weighted by molar-refractivity contribution is 1.33. The minimum Gasteiger partial charge on any atom is -0.309 e. The van der Waals surface area contributed by atoms with E-state index in [2.05, 4.69) is 83.5 Å². The summed E-state index contributed by atoms with van der Waals surface area (Å²) in [5.41, 5.74) is 3.83. The molecule has 0 N–H and O–H groups in total. The average molecular weight is 313 g/mol. The molecule has 2 aromatic heterocycles. The van der Waals surface area contributed by atoms with Crippen LogP contribution in [-0.4, -0.2) is 10.7 Å². The van der Waals surface area contributed by atoms with E-state index < -0.39 is 0 Å². The van der Waals surface area contributed by atoms with Crippen LogP contribution in [0, 0.1) is 0 Å². The third kappa shape index (κ3) is 1.76. The van der Waals surface area contributed by atoms with Gasteiger partial charge in [-0.15, -0.1) is 11.8 Å². The molecule has 2 heteroatoms. The first-order valence-electron chi connectivity index (χ1n) is 7.75. The first-order chi connectivity index (χ1) is 11.4. The van der Waals surface area contributed by atoms with E-state index in [-0.39, 0.29) is 0 Å². The maximum Gasteiger partial charge on any atom is 0.0547 e. The molecule has 0 atom stereocenters. The number of hydrogen-bond acceptors (Lipinski definition) is 1. The zero-order chi connectivity index (χ0) is 15.4. The van der Waals surface area contributed by atoms with Gasteiger partial charge in [-0.2, -0.15) is 0 Å². The molecule has 0 radical (unpaired) electrons. The Morgan fingerprint density at radius 3 is 2.30 bits per heavy atom. The molecule has 0 spiro atoms. The first kappa shape index (κ1) is 13.0. The molecule has 1 nitrogen and oxygen atoms in total. The van der Waals surface area contributed by atoms with Gasteiger partial charge in [0.2, 0.25) is 0 Å². The van der Waals surface area contributed by atoms with Crippen molar-refractivity contribution in [1.82, 2.24) is 4.40 Å². The van der Waals surface area contributed by atoms with Gasteiger partial charge in [0.1, 0.15) is 0 Å². The van der Waals surface area contributed by atoms with Gasteiger partial charge in [0.15, 0.2) is 0 Å². The standard InChI is InChI=1S/C21H15NS/c1-23-15-10-11-20-18(13-15)16-7-3-4-8-17(16)21-12-14-6-2-5-9-19(14)22(20)21/h2-13H,1H3. The second-order valence-corrected chi connectivity index (χ2v) is 6.73. The number of aromatic nitrogens is 1. The highest BCUT2D eigenvalue weighted by Gasteiger charge is 2.11. The fourth-order valence-corrected chi connectivity index (χ4v) is 4.05. The second kappa shape index (κ2) is 4.77. The molecule has 5 aromatic rings. The van der Waals surface area contributed by atoms with E-state index in [1.54, 1.807) is 11.8 Å². The third-order valence-electron chi connectivity index (χ3n) is 4.65. The Hall–Kier alpha value is -2.45. The Kier molecular flexibility index (Phi) is 2.70. The molecule has 0 bridgehead atoms. The normalized spacial score (nSPS) is 11.9. The first-order valence-corrected chi connectivity index (χ1v) is 8.98. The summed E-state index contributed by atoms with van der Waals surface area (Å²) in [5.74, 6) is 0. The number of hydrogen-bond donors (Lipinski definition) is 0. The van der Waals surface area contributed by atoms with Crippen LogP contribution in [-0.2, 0) is 0 Å². The third-order valence-corrected chi connectivity index (χ3v) is 5.37. The van der Waals surface area contributed by atoms with Crippen LogP contribution in [0.5, 0.6) is 0 Å². The van der Waals surface area contributed by atoms with Crippen LogP contribution < -0.4 is 0 Å². The van der Waals surface area contributed by atoms with Crippen molar-refractivity contribution in [2.45, 2.75) is 4.90 Å². The molecule has 0 fully saturated rings. The summed E-state index contributed by atoms with van der Waals surface area (Å²) in [5, 5.41) is 5.25. The van der Waals surface area contributed by atoms with E-state index in [0.29, 0.717) is 0 Å². The number of benzene rings is 3. The molecule has 110 valence electrons. The smallest absolute Gasteiger partial charge is 0.0547 e. The molecule has 0 aliphatic heterocycles. The predicted molar refractivity (Wildman–Crippen MR) is 102 cm³/mol. The number of pyridine rings is 1. The highest BCUT2D eigenvalue weighted by molar-refractivity contribution is 7.98. The lowest BCUT2D eigenvalue weighted by atomic mass is 10.1. The van der Waals surface area contributed by atoms with Crippen LogP contribution in [0.1, 0.15) is 0 Å². The molecule has 0 aliphatic carbocycles. The van der Waals surface area contributed by atoms with Gasteiger partial charge in [-0.3, -0.25) is 0 Å². The fourth-order valence-electron chi connectivity index (χ4n) is 3.61. The summed E-state index contributed by atoms with van der Waals surface area (Å²) in [6, 6.07) is 26.5. The van der Waals surface area contributed by atoms with Crippen molar-refractivity contribution in [2.24, 2.45) is 0 Å². The molecule has 5 rings (SSSR count). The van der Waals surface area contributed by atoms with Crippen LogP contribution in [0.25, 0.3) is 38.1 Å². The Balaban J connectivity index is 2.16. The molecule has 23 heavy (non-hydrogen) atoms. The second-order valence-electron chi connectivity index (χ2n) is 5.85. The van der Waals surface area contributed by atoms with Gasteiger partial charge in [0, 0.05) is 21.1 Å². The van der Waals surface area contributed by atoms with Crippen molar-refractivity contribution in [1.29, 1.82) is 0 Å². The minimum absolute atomic E-state index is 1.27. The molecule has 0 aliphatic rings. The van der Waals surface area contributed by atoms with Gasteiger partial charge < -0.3 is 4.40 Å². The Morgan fingerprint density at radius 2 is 1.43 bits per heavy atom. The molecule has 0 saturated heterocycles. The molecule has 2 heterocycles. The van der Waals surface area contributed by atoms with Gasteiger partial charge in [-0.1, -0.05) is 42.5 Å². The monoisotopic (exact) mass is 313 g/mol. The van der Waals surface area contributed by atoms with Gasteiger partial charge in [0.25, 0.3) is 0 Å². The van der Waals surface area contributed by atoms with Gasteiger partial charge in [-0.25, -0.2) is 0 Å². The number of thioether (sulfide) groups is 1. The van der Waals surface area contributed by atoms with Crippen LogP contribution in [0.3, 0.4) is 0 Å². The van der Waals surface area contributed by atoms with Gasteiger partial charge >= 0.3 is 0 Å². The quantitative estimate of drug-likeness (QED) is 0.266. The molecule has 0 unspecified atom stereocenters.